The van der Waals surface area contributed by atoms with E-state index in [1.807, 2.05) is 19.1 Å². The van der Waals surface area contributed by atoms with E-state index in [0.29, 0.717) is 5.75 Å². The number of rotatable bonds is 7. The molecule has 0 unspecified atom stereocenters. The molecule has 0 saturated carbocycles. The zero-order chi connectivity index (χ0) is 19.8. The predicted octanol–water partition coefficient (Wildman–Crippen LogP) is 2.01. The fourth-order valence-electron chi connectivity index (χ4n) is 2.19. The summed E-state index contributed by atoms with van der Waals surface area (Å²) in [5, 5.41) is 10.8. The maximum Gasteiger partial charge on any atom is 0.276 e. The molecule has 9 nitrogen and oxygen atoms in total. The lowest BCUT2D eigenvalue weighted by atomic mass is 10.1. The molecule has 0 aliphatic carbocycles. The minimum absolute atomic E-state index is 0.0805. The molecule has 0 bridgehead atoms. The van der Waals surface area contributed by atoms with Crippen LogP contribution in [0.25, 0.3) is 0 Å². The van der Waals surface area contributed by atoms with Crippen LogP contribution in [0.4, 0.5) is 5.69 Å². The van der Waals surface area contributed by atoms with Crippen LogP contribution < -0.4 is 20.3 Å². The molecular weight excluding hydrogens is 354 g/mol. The van der Waals surface area contributed by atoms with Crippen LogP contribution in [0.3, 0.4) is 0 Å². The highest BCUT2D eigenvalue weighted by molar-refractivity contribution is 5.98. The van der Waals surface area contributed by atoms with Gasteiger partial charge >= 0.3 is 0 Å². The lowest BCUT2D eigenvalue weighted by Crippen LogP contribution is -2.43. The number of nitrogens with zero attached hydrogens (tertiary/aromatic N) is 1. The smallest absolute Gasteiger partial charge is 0.276 e. The van der Waals surface area contributed by atoms with Crippen molar-refractivity contribution in [1.82, 2.24) is 10.9 Å². The lowest BCUT2D eigenvalue weighted by molar-refractivity contribution is -0.384. The average molecular weight is 373 g/mol. The van der Waals surface area contributed by atoms with E-state index in [1.165, 1.54) is 19.2 Å². The summed E-state index contributed by atoms with van der Waals surface area (Å²) in [5.74, 6) is -0.683. The third kappa shape index (κ3) is 5.43. The molecule has 2 aromatic rings. The molecule has 0 aromatic heterocycles. The Morgan fingerprint density at radius 2 is 1.81 bits per heavy atom. The van der Waals surface area contributed by atoms with E-state index in [4.69, 9.17) is 9.47 Å². The van der Waals surface area contributed by atoms with Gasteiger partial charge in [-0.05, 0) is 30.2 Å². The van der Waals surface area contributed by atoms with Gasteiger partial charge in [-0.25, -0.2) is 0 Å². The van der Waals surface area contributed by atoms with Gasteiger partial charge in [0.1, 0.15) is 11.5 Å². The van der Waals surface area contributed by atoms with Crippen LogP contribution in [0.5, 0.6) is 11.5 Å². The molecule has 27 heavy (non-hydrogen) atoms. The number of ether oxygens (including phenoxy) is 2. The second-order valence-electron chi connectivity index (χ2n) is 5.43. The van der Waals surface area contributed by atoms with Crippen LogP contribution in [0.2, 0.25) is 0 Å². The van der Waals surface area contributed by atoms with Gasteiger partial charge in [0.15, 0.2) is 6.61 Å². The molecule has 0 aliphatic heterocycles. The van der Waals surface area contributed by atoms with Gasteiger partial charge in [0.2, 0.25) is 0 Å². The number of nitrogens with one attached hydrogen (secondary N) is 2. The van der Waals surface area contributed by atoms with Crippen molar-refractivity contribution in [2.45, 2.75) is 13.3 Å². The third-order valence-corrected chi connectivity index (χ3v) is 3.66. The van der Waals surface area contributed by atoms with Gasteiger partial charge < -0.3 is 9.47 Å². The summed E-state index contributed by atoms with van der Waals surface area (Å²) in [7, 11) is 1.33. The van der Waals surface area contributed by atoms with Crippen molar-refractivity contribution in [2.75, 3.05) is 13.7 Å². The van der Waals surface area contributed by atoms with E-state index in [-0.39, 0.29) is 23.6 Å². The van der Waals surface area contributed by atoms with Crippen LogP contribution in [0, 0.1) is 10.1 Å². The number of nitro benzene ring substituents is 1. The summed E-state index contributed by atoms with van der Waals surface area (Å²) in [6, 6.07) is 10.9. The molecule has 2 aromatic carbocycles. The van der Waals surface area contributed by atoms with Crippen molar-refractivity contribution in [1.29, 1.82) is 0 Å². The number of aryl methyl sites for hydroxylation is 1. The summed E-state index contributed by atoms with van der Waals surface area (Å²) >= 11 is 0. The quantitative estimate of drug-likeness (QED) is 0.566. The summed E-state index contributed by atoms with van der Waals surface area (Å²) < 4.78 is 10.3. The second-order valence-corrected chi connectivity index (χ2v) is 5.43. The Morgan fingerprint density at radius 3 is 2.41 bits per heavy atom. The molecule has 0 saturated heterocycles. The topological polar surface area (TPSA) is 120 Å². The van der Waals surface area contributed by atoms with E-state index in [0.717, 1.165) is 18.1 Å². The third-order valence-electron chi connectivity index (χ3n) is 3.66. The maximum atomic E-state index is 12.2. The van der Waals surface area contributed by atoms with Gasteiger partial charge in [-0.1, -0.05) is 19.1 Å². The molecule has 0 aliphatic rings. The molecule has 2 amide bonds. The van der Waals surface area contributed by atoms with Crippen molar-refractivity contribution in [2.24, 2.45) is 0 Å². The number of amides is 2. The Balaban J connectivity index is 1.91. The first-order chi connectivity index (χ1) is 12.9. The predicted molar refractivity (Wildman–Crippen MR) is 96.6 cm³/mol. The largest absolute Gasteiger partial charge is 0.496 e. The zero-order valence-electron chi connectivity index (χ0n) is 14.9. The van der Waals surface area contributed by atoms with Crippen LogP contribution in [0.15, 0.2) is 42.5 Å². The van der Waals surface area contributed by atoms with Crippen molar-refractivity contribution < 1.29 is 24.0 Å². The first kappa shape index (κ1) is 19.7. The molecular formula is C18H19N3O6. The van der Waals surface area contributed by atoms with Crippen LogP contribution in [0.1, 0.15) is 22.8 Å². The molecule has 9 heteroatoms. The van der Waals surface area contributed by atoms with E-state index < -0.39 is 16.7 Å². The Labute approximate surface area is 155 Å². The number of hydrogen-bond acceptors (Lipinski definition) is 6. The summed E-state index contributed by atoms with van der Waals surface area (Å²) in [6.45, 7) is 1.72. The van der Waals surface area contributed by atoms with Gasteiger partial charge in [0, 0.05) is 12.1 Å². The van der Waals surface area contributed by atoms with Crippen LogP contribution in [-0.4, -0.2) is 30.5 Å². The molecule has 2 rings (SSSR count). The molecule has 0 radical (unpaired) electrons. The molecule has 142 valence electrons. The lowest BCUT2D eigenvalue weighted by Gasteiger charge is -2.11. The van der Waals surface area contributed by atoms with Crippen molar-refractivity contribution >= 4 is 17.5 Å². The maximum absolute atomic E-state index is 12.2. The minimum atomic E-state index is -0.754. The SMILES string of the molecule is CCc1ccc(OCC(=O)NNC(=O)c2cc([N+](=O)[O-])ccc2OC)cc1. The van der Waals surface area contributed by atoms with Crippen molar-refractivity contribution in [3.8, 4) is 11.5 Å². The van der Waals surface area contributed by atoms with E-state index in [9.17, 15) is 19.7 Å². The fraction of sp³-hybridized carbons (Fsp3) is 0.222. The Hall–Kier alpha value is -3.62. The molecule has 0 atom stereocenters. The van der Waals surface area contributed by atoms with Crippen LogP contribution in [-0.2, 0) is 11.2 Å². The van der Waals surface area contributed by atoms with Gasteiger partial charge in [-0.15, -0.1) is 0 Å². The second kappa shape index (κ2) is 9.18. The van der Waals surface area contributed by atoms with Crippen LogP contribution >= 0.6 is 0 Å². The Morgan fingerprint density at radius 1 is 1.11 bits per heavy atom. The highest BCUT2D eigenvalue weighted by Crippen LogP contribution is 2.23. The average Bonchev–Trinajstić information content (AvgIpc) is 2.70. The number of nitro groups is 1. The standard InChI is InChI=1S/C18H19N3O6/c1-3-12-4-7-14(8-5-12)27-11-17(22)19-20-18(23)15-10-13(21(24)25)6-9-16(15)26-2/h4-10H,3,11H2,1-2H3,(H,19,22)(H,20,23). The molecule has 0 heterocycles. The van der Waals surface area contributed by atoms with Gasteiger partial charge in [0.05, 0.1) is 17.6 Å². The highest BCUT2D eigenvalue weighted by atomic mass is 16.6. The van der Waals surface area contributed by atoms with Crippen molar-refractivity contribution in [3.63, 3.8) is 0 Å². The normalized spacial score (nSPS) is 10.0. The summed E-state index contributed by atoms with van der Waals surface area (Å²) in [4.78, 5) is 34.2. The molecule has 2 N–H and O–H groups in total. The number of carbonyl (C=O) groups is 2. The molecule has 0 spiro atoms. The summed E-state index contributed by atoms with van der Waals surface area (Å²) in [6.07, 6.45) is 0.897. The van der Waals surface area contributed by atoms with Gasteiger partial charge in [0.25, 0.3) is 17.5 Å². The van der Waals surface area contributed by atoms with E-state index >= 15 is 0 Å². The number of hydrazine groups is 1. The highest BCUT2D eigenvalue weighted by Gasteiger charge is 2.18. The first-order valence-electron chi connectivity index (χ1n) is 8.08. The first-order valence-corrected chi connectivity index (χ1v) is 8.08. The fourth-order valence-corrected chi connectivity index (χ4v) is 2.19. The zero-order valence-corrected chi connectivity index (χ0v) is 14.9. The van der Waals surface area contributed by atoms with E-state index in [1.54, 1.807) is 12.1 Å². The Kier molecular flexibility index (Phi) is 6.70. The minimum Gasteiger partial charge on any atom is -0.496 e. The van der Waals surface area contributed by atoms with Crippen molar-refractivity contribution in [3.05, 3.63) is 63.7 Å². The summed E-state index contributed by atoms with van der Waals surface area (Å²) in [5.41, 5.74) is 5.15. The van der Waals surface area contributed by atoms with Gasteiger partial charge in [-0.2, -0.15) is 0 Å². The van der Waals surface area contributed by atoms with Gasteiger partial charge in [-0.3, -0.25) is 30.6 Å². The number of benzene rings is 2. The number of carbonyl (C=O) groups excluding carboxylic acids is 2. The van der Waals surface area contributed by atoms with E-state index in [2.05, 4.69) is 10.9 Å². The molecule has 0 fully saturated rings. The monoisotopic (exact) mass is 373 g/mol. The Bertz CT molecular complexity index is 835. The number of hydrogen-bond donors (Lipinski definition) is 2. The number of methoxy groups -OCH3 is 1. The number of non-ortho nitro benzene ring substituents is 1.